The summed E-state index contributed by atoms with van der Waals surface area (Å²) in [7, 11) is 0. The summed E-state index contributed by atoms with van der Waals surface area (Å²) >= 11 is 6.09. The number of piperazine rings is 1. The third-order valence-corrected chi connectivity index (χ3v) is 6.18. The number of phenols is 1. The molecule has 0 unspecified atom stereocenters. The van der Waals surface area contributed by atoms with Gasteiger partial charge in [-0.2, -0.15) is 0 Å². The van der Waals surface area contributed by atoms with Gasteiger partial charge in [0.05, 0.1) is 12.5 Å². The molecule has 164 valence electrons. The monoisotopic (exact) mass is 442 g/mol. The maximum Gasteiger partial charge on any atom is 0.236 e. The molecule has 0 bridgehead atoms. The third kappa shape index (κ3) is 5.48. The van der Waals surface area contributed by atoms with Crippen LogP contribution in [0.1, 0.15) is 6.42 Å². The van der Waals surface area contributed by atoms with Crippen molar-refractivity contribution in [3.63, 3.8) is 0 Å². The molecule has 0 radical (unpaired) electrons. The number of carbonyl (C=O) groups is 2. The van der Waals surface area contributed by atoms with E-state index >= 15 is 0 Å². The zero-order valence-corrected chi connectivity index (χ0v) is 18.1. The van der Waals surface area contributed by atoms with Crippen LogP contribution in [-0.4, -0.2) is 72.5 Å². The first kappa shape index (κ1) is 21.5. The molecular weight excluding hydrogens is 416 g/mol. The molecule has 2 aromatic carbocycles. The summed E-state index contributed by atoms with van der Waals surface area (Å²) < 4.78 is 0. The van der Waals surface area contributed by atoms with Crippen LogP contribution < -0.4 is 10.2 Å². The van der Waals surface area contributed by atoms with Gasteiger partial charge in [0.25, 0.3) is 0 Å². The summed E-state index contributed by atoms with van der Waals surface area (Å²) in [6.07, 6.45) is 0.736. The van der Waals surface area contributed by atoms with Gasteiger partial charge in [0.1, 0.15) is 5.75 Å². The Kier molecular flexibility index (Phi) is 6.63. The van der Waals surface area contributed by atoms with E-state index in [0.29, 0.717) is 36.9 Å². The number of nitrogens with zero attached hydrogens (tertiary/aromatic N) is 3. The number of aromatic hydroxyl groups is 1. The quantitative estimate of drug-likeness (QED) is 0.696. The van der Waals surface area contributed by atoms with E-state index in [9.17, 15) is 14.7 Å². The lowest BCUT2D eigenvalue weighted by atomic mass is 10.1. The van der Waals surface area contributed by atoms with E-state index in [0.717, 1.165) is 31.7 Å². The topological polar surface area (TPSA) is 76.1 Å². The van der Waals surface area contributed by atoms with Crippen molar-refractivity contribution in [1.82, 2.24) is 9.80 Å². The smallest absolute Gasteiger partial charge is 0.236 e. The highest BCUT2D eigenvalue weighted by Crippen LogP contribution is 2.22. The second kappa shape index (κ2) is 9.58. The summed E-state index contributed by atoms with van der Waals surface area (Å²) in [5, 5.41) is 13.0. The Labute approximate surface area is 187 Å². The van der Waals surface area contributed by atoms with Gasteiger partial charge >= 0.3 is 0 Å². The number of benzene rings is 2. The van der Waals surface area contributed by atoms with Crippen molar-refractivity contribution in [3.8, 4) is 5.75 Å². The van der Waals surface area contributed by atoms with Crippen molar-refractivity contribution in [3.05, 3.63) is 53.6 Å². The predicted octanol–water partition coefficient (Wildman–Crippen LogP) is 2.65. The first-order valence-corrected chi connectivity index (χ1v) is 11.0. The number of hydrogen-bond acceptors (Lipinski definition) is 5. The lowest BCUT2D eigenvalue weighted by Crippen LogP contribution is -2.51. The van der Waals surface area contributed by atoms with Gasteiger partial charge in [-0.1, -0.05) is 17.7 Å². The van der Waals surface area contributed by atoms with E-state index in [2.05, 4.69) is 15.1 Å². The summed E-state index contributed by atoms with van der Waals surface area (Å²) in [4.78, 5) is 31.5. The molecular formula is C23H27ClN4O3. The number of hydrogen-bond donors (Lipinski definition) is 2. The largest absolute Gasteiger partial charge is 0.508 e. The molecule has 2 saturated heterocycles. The fourth-order valence-corrected chi connectivity index (χ4v) is 4.34. The van der Waals surface area contributed by atoms with Crippen LogP contribution >= 0.6 is 11.6 Å². The molecule has 2 aliphatic rings. The Hall–Kier alpha value is -2.77. The number of carbonyl (C=O) groups excluding carboxylic acids is 2. The number of rotatable bonds is 5. The molecule has 4 rings (SSSR count). The van der Waals surface area contributed by atoms with Crippen molar-refractivity contribution < 1.29 is 14.7 Å². The second-order valence-corrected chi connectivity index (χ2v) is 8.54. The van der Waals surface area contributed by atoms with E-state index in [1.165, 1.54) is 0 Å². The second-order valence-electron chi connectivity index (χ2n) is 8.10. The molecule has 1 atom stereocenters. The highest BCUT2D eigenvalue weighted by molar-refractivity contribution is 6.30. The van der Waals surface area contributed by atoms with Crippen molar-refractivity contribution >= 4 is 34.8 Å². The van der Waals surface area contributed by atoms with Crippen molar-refractivity contribution in [2.75, 3.05) is 56.0 Å². The fraction of sp³-hybridized carbons (Fsp3) is 0.391. The van der Waals surface area contributed by atoms with Crippen LogP contribution in [0.25, 0.3) is 0 Å². The van der Waals surface area contributed by atoms with Crippen LogP contribution in [0.3, 0.4) is 0 Å². The minimum atomic E-state index is -0.138. The lowest BCUT2D eigenvalue weighted by Gasteiger charge is -2.36. The number of phenolic OH excluding ortho intramolecular Hbond substituents is 1. The van der Waals surface area contributed by atoms with Crippen LogP contribution in [-0.2, 0) is 9.59 Å². The average molecular weight is 443 g/mol. The van der Waals surface area contributed by atoms with E-state index in [1.54, 1.807) is 24.3 Å². The fourth-order valence-electron chi connectivity index (χ4n) is 4.16. The molecule has 2 heterocycles. The molecule has 2 amide bonds. The first-order valence-electron chi connectivity index (χ1n) is 10.6. The Bertz CT molecular complexity index is 929. The van der Waals surface area contributed by atoms with Gasteiger partial charge in [-0.3, -0.25) is 14.5 Å². The Morgan fingerprint density at radius 3 is 2.48 bits per heavy atom. The molecule has 0 aliphatic carbocycles. The molecule has 7 nitrogen and oxygen atoms in total. The number of anilines is 2. The molecule has 8 heteroatoms. The summed E-state index contributed by atoms with van der Waals surface area (Å²) in [5.41, 5.74) is 1.75. The van der Waals surface area contributed by atoms with Crippen molar-refractivity contribution in [2.24, 2.45) is 5.92 Å². The number of likely N-dealkylation sites (tertiary alicyclic amines) is 1. The molecule has 0 spiro atoms. The minimum absolute atomic E-state index is 0.0456. The normalized spacial score (nSPS) is 19.5. The van der Waals surface area contributed by atoms with Crippen molar-refractivity contribution in [2.45, 2.75) is 6.42 Å². The van der Waals surface area contributed by atoms with Gasteiger partial charge in [0, 0.05) is 49.1 Å². The van der Waals surface area contributed by atoms with E-state index in [-0.39, 0.29) is 23.5 Å². The van der Waals surface area contributed by atoms with Crippen molar-refractivity contribution in [1.29, 1.82) is 0 Å². The van der Waals surface area contributed by atoms with Crippen LogP contribution in [0.15, 0.2) is 48.5 Å². The standard InChI is InChI=1S/C23H27ClN4O3/c24-18-2-1-3-20(14-18)27-10-12-28(13-11-27)22(30)16-26-9-8-17(15-26)23(31)25-19-4-6-21(29)7-5-19/h1-7,14,17,29H,8-13,15-16H2,(H,25,31)/t17-/m1/s1. The van der Waals surface area contributed by atoms with E-state index in [4.69, 9.17) is 11.6 Å². The van der Waals surface area contributed by atoms with Gasteiger partial charge in [0.2, 0.25) is 11.8 Å². The number of nitrogens with one attached hydrogen (secondary N) is 1. The average Bonchev–Trinajstić information content (AvgIpc) is 3.24. The third-order valence-electron chi connectivity index (χ3n) is 5.94. The molecule has 0 saturated carbocycles. The summed E-state index contributed by atoms with van der Waals surface area (Å²) in [5.74, 6) is 0.0966. The van der Waals surface area contributed by atoms with E-state index < -0.39 is 0 Å². The maximum atomic E-state index is 12.8. The van der Waals surface area contributed by atoms with Gasteiger partial charge in [-0.15, -0.1) is 0 Å². The summed E-state index contributed by atoms with van der Waals surface area (Å²) in [6.45, 7) is 4.60. The van der Waals surface area contributed by atoms with Gasteiger partial charge in [-0.05, 0) is 55.4 Å². The van der Waals surface area contributed by atoms with E-state index in [1.807, 2.05) is 29.2 Å². The number of halogens is 1. The first-order chi connectivity index (χ1) is 15.0. The minimum Gasteiger partial charge on any atom is -0.508 e. The van der Waals surface area contributed by atoms with Crippen LogP contribution in [0.2, 0.25) is 5.02 Å². The molecule has 2 aromatic rings. The predicted molar refractivity (Wildman–Crippen MR) is 122 cm³/mol. The maximum absolute atomic E-state index is 12.8. The SMILES string of the molecule is O=C(Nc1ccc(O)cc1)[C@@H]1CCN(CC(=O)N2CCN(c3cccc(Cl)c3)CC2)C1. The van der Waals surface area contributed by atoms with Gasteiger partial charge in [-0.25, -0.2) is 0 Å². The molecule has 2 aliphatic heterocycles. The van der Waals surface area contributed by atoms with Crippen LogP contribution in [0.5, 0.6) is 5.75 Å². The Morgan fingerprint density at radius 2 is 1.77 bits per heavy atom. The zero-order chi connectivity index (χ0) is 21.8. The summed E-state index contributed by atoms with van der Waals surface area (Å²) in [6, 6.07) is 14.2. The number of amides is 2. The van der Waals surface area contributed by atoms with Gasteiger partial charge in [0.15, 0.2) is 0 Å². The Balaban J connectivity index is 1.22. The molecule has 2 N–H and O–H groups in total. The molecule has 31 heavy (non-hydrogen) atoms. The van der Waals surface area contributed by atoms with Crippen LogP contribution in [0.4, 0.5) is 11.4 Å². The highest BCUT2D eigenvalue weighted by atomic mass is 35.5. The van der Waals surface area contributed by atoms with Crippen LogP contribution in [0, 0.1) is 5.92 Å². The lowest BCUT2D eigenvalue weighted by molar-refractivity contribution is -0.132. The highest BCUT2D eigenvalue weighted by Gasteiger charge is 2.31. The Morgan fingerprint density at radius 1 is 1.03 bits per heavy atom. The van der Waals surface area contributed by atoms with Gasteiger partial charge < -0.3 is 20.2 Å². The zero-order valence-electron chi connectivity index (χ0n) is 17.3. The molecule has 2 fully saturated rings. The molecule has 0 aromatic heterocycles.